The van der Waals surface area contributed by atoms with Crippen molar-refractivity contribution in [1.29, 1.82) is 0 Å². The zero-order valence-corrected chi connectivity index (χ0v) is 20.7. The summed E-state index contributed by atoms with van der Waals surface area (Å²) in [5.41, 5.74) is 5.78. The van der Waals surface area contributed by atoms with Crippen LogP contribution in [0.3, 0.4) is 0 Å². The van der Waals surface area contributed by atoms with Crippen molar-refractivity contribution >= 4 is 23.0 Å². The molecule has 6 heteroatoms. The molecule has 3 aromatic rings. The predicted molar refractivity (Wildman–Crippen MR) is 136 cm³/mol. The molecule has 1 heterocycles. The van der Waals surface area contributed by atoms with E-state index in [2.05, 4.69) is 18.7 Å². The third kappa shape index (κ3) is 4.97. The van der Waals surface area contributed by atoms with Crippen molar-refractivity contribution in [3.8, 4) is 11.3 Å². The molecule has 1 atom stereocenters. The maximum Gasteiger partial charge on any atom is 0.333 e. The fraction of sp³-hybridized carbons (Fsp3) is 0.379. The van der Waals surface area contributed by atoms with Crippen LogP contribution in [0.4, 0.5) is 0 Å². The molecule has 0 N–H and O–H groups in total. The Morgan fingerprint density at radius 2 is 1.51 bits per heavy atom. The van der Waals surface area contributed by atoms with Crippen molar-refractivity contribution in [2.45, 2.75) is 51.9 Å². The number of benzene rings is 2. The first-order valence-corrected chi connectivity index (χ1v) is 12.2. The normalized spacial score (nSPS) is 16.1. The van der Waals surface area contributed by atoms with Gasteiger partial charge in [0.05, 0.1) is 41.6 Å². The lowest BCUT2D eigenvalue weighted by Gasteiger charge is -2.31. The molecule has 6 nitrogen and oxygen atoms in total. The first kappa shape index (κ1) is 24.6. The van der Waals surface area contributed by atoms with Gasteiger partial charge in [-0.25, -0.2) is 14.8 Å². The average molecular weight is 473 g/mol. The number of hydrogen-bond donors (Lipinski definition) is 0. The van der Waals surface area contributed by atoms with Crippen LogP contribution in [0.5, 0.6) is 0 Å². The number of carbonyl (C=O) groups excluding carboxylic acids is 2. The molecular formula is C29H32N2O4. The van der Waals surface area contributed by atoms with Crippen LogP contribution in [0.15, 0.2) is 60.7 Å². The highest BCUT2D eigenvalue weighted by molar-refractivity contribution is 5.87. The molecule has 0 saturated carbocycles. The largest absolute Gasteiger partial charge is 0.465 e. The third-order valence-electron chi connectivity index (χ3n) is 6.51. The summed E-state index contributed by atoms with van der Waals surface area (Å²) in [6.45, 7) is 9.62. The van der Waals surface area contributed by atoms with Gasteiger partial charge in [0.15, 0.2) is 0 Å². The number of para-hydroxylation sites is 2. The van der Waals surface area contributed by atoms with Crippen molar-refractivity contribution in [3.05, 3.63) is 71.9 Å². The summed E-state index contributed by atoms with van der Waals surface area (Å²) in [6, 6.07) is 16.2. The Bertz CT molecular complexity index is 1270. The molecular weight excluding hydrogens is 440 g/mol. The maximum absolute atomic E-state index is 12.0. The average Bonchev–Trinajstić information content (AvgIpc) is 3.12. The summed E-state index contributed by atoms with van der Waals surface area (Å²) >= 11 is 0. The van der Waals surface area contributed by atoms with Crippen molar-refractivity contribution < 1.29 is 19.1 Å². The van der Waals surface area contributed by atoms with E-state index in [0.717, 1.165) is 40.8 Å². The molecule has 1 aliphatic carbocycles. The number of nitrogens with zero attached hydrogens (tertiary/aromatic N) is 2. The first-order chi connectivity index (χ1) is 16.8. The summed E-state index contributed by atoms with van der Waals surface area (Å²) in [7, 11) is 0. The van der Waals surface area contributed by atoms with E-state index < -0.39 is 5.41 Å². The number of fused-ring (bicyclic) bond motifs is 4. The minimum Gasteiger partial charge on any atom is -0.465 e. The highest BCUT2D eigenvalue weighted by Gasteiger charge is 2.45. The van der Waals surface area contributed by atoms with Crippen LogP contribution in [0.1, 0.15) is 57.7 Å². The van der Waals surface area contributed by atoms with E-state index in [4.69, 9.17) is 19.4 Å². The van der Waals surface area contributed by atoms with Crippen LogP contribution in [0, 0.1) is 5.92 Å². The van der Waals surface area contributed by atoms with E-state index >= 15 is 0 Å². The first-order valence-electron chi connectivity index (χ1n) is 12.2. The molecule has 1 unspecified atom stereocenters. The summed E-state index contributed by atoms with van der Waals surface area (Å²) in [4.78, 5) is 34.0. The molecule has 1 aromatic heterocycles. The van der Waals surface area contributed by atoms with Crippen molar-refractivity contribution in [2.75, 3.05) is 13.2 Å². The summed E-state index contributed by atoms with van der Waals surface area (Å²) in [5, 5.41) is 0. The lowest BCUT2D eigenvalue weighted by atomic mass is 9.73. The highest BCUT2D eigenvalue weighted by atomic mass is 16.5. The van der Waals surface area contributed by atoms with Gasteiger partial charge >= 0.3 is 11.9 Å². The second-order valence-electron chi connectivity index (χ2n) is 9.48. The smallest absolute Gasteiger partial charge is 0.333 e. The van der Waals surface area contributed by atoms with E-state index in [-0.39, 0.29) is 17.9 Å². The monoisotopic (exact) mass is 472 g/mol. The number of carbonyl (C=O) groups is 2. The van der Waals surface area contributed by atoms with Crippen LogP contribution in [-0.4, -0.2) is 35.1 Å². The molecule has 1 aliphatic rings. The van der Waals surface area contributed by atoms with Crippen molar-refractivity contribution in [3.63, 3.8) is 0 Å². The van der Waals surface area contributed by atoms with E-state index in [9.17, 15) is 9.59 Å². The number of hydrogen-bond acceptors (Lipinski definition) is 6. The molecule has 0 fully saturated rings. The topological polar surface area (TPSA) is 78.4 Å². The van der Waals surface area contributed by atoms with Crippen LogP contribution in [0.25, 0.3) is 22.3 Å². The predicted octanol–water partition coefficient (Wildman–Crippen LogP) is 5.78. The Labute approximate surface area is 206 Å². The van der Waals surface area contributed by atoms with Crippen LogP contribution >= 0.6 is 0 Å². The fourth-order valence-corrected chi connectivity index (χ4v) is 4.76. The molecule has 0 bridgehead atoms. The van der Waals surface area contributed by atoms with E-state index in [1.165, 1.54) is 5.56 Å². The minimum absolute atomic E-state index is 0.155. The van der Waals surface area contributed by atoms with Crippen molar-refractivity contribution in [1.82, 2.24) is 9.97 Å². The SMILES string of the molecule is C=C(C)C(=O)OCCCC1(CCCOC(=O)C(C)C)c2ccccc2-c2nc3ccccc3nc21. The van der Waals surface area contributed by atoms with Gasteiger partial charge in [0, 0.05) is 16.6 Å². The van der Waals surface area contributed by atoms with E-state index in [0.29, 0.717) is 31.6 Å². The van der Waals surface area contributed by atoms with Gasteiger partial charge in [0.25, 0.3) is 0 Å². The minimum atomic E-state index is -0.414. The second-order valence-corrected chi connectivity index (χ2v) is 9.48. The zero-order chi connectivity index (χ0) is 25.0. The molecule has 4 rings (SSSR count). The van der Waals surface area contributed by atoms with Crippen molar-refractivity contribution in [2.24, 2.45) is 5.92 Å². The molecule has 0 spiro atoms. The fourth-order valence-electron chi connectivity index (χ4n) is 4.76. The van der Waals surface area contributed by atoms with Gasteiger partial charge in [0.1, 0.15) is 0 Å². The Hall–Kier alpha value is -3.54. The van der Waals surface area contributed by atoms with Gasteiger partial charge in [-0.05, 0) is 50.3 Å². The quantitative estimate of drug-likeness (QED) is 0.212. The molecule has 0 aliphatic heterocycles. The van der Waals surface area contributed by atoms with Crippen LogP contribution in [-0.2, 0) is 24.5 Å². The number of aromatic nitrogens is 2. The molecule has 0 radical (unpaired) electrons. The van der Waals surface area contributed by atoms with Gasteiger partial charge in [-0.3, -0.25) is 4.79 Å². The maximum atomic E-state index is 12.0. The Balaban J connectivity index is 1.68. The Kier molecular flexibility index (Phi) is 7.29. The second kappa shape index (κ2) is 10.4. The standard InChI is InChI=1S/C29H32N2O4/c1-19(2)27(32)34-17-9-15-29(16-10-18-35-28(33)20(3)4)22-12-6-5-11-21(22)25-26(29)31-24-14-8-7-13-23(24)30-25/h5-8,11-14,20H,1,9-10,15-18H2,2-4H3. The Morgan fingerprint density at radius 1 is 0.914 bits per heavy atom. The number of rotatable bonds is 10. The number of ether oxygens (including phenoxy) is 2. The molecule has 0 amide bonds. The molecule has 2 aromatic carbocycles. The molecule has 35 heavy (non-hydrogen) atoms. The summed E-state index contributed by atoms with van der Waals surface area (Å²) < 4.78 is 10.9. The molecule has 0 saturated heterocycles. The van der Waals surface area contributed by atoms with Gasteiger partial charge in [-0.2, -0.15) is 0 Å². The van der Waals surface area contributed by atoms with Gasteiger partial charge in [-0.15, -0.1) is 0 Å². The molecule has 182 valence electrons. The summed E-state index contributed by atoms with van der Waals surface area (Å²) in [6.07, 6.45) is 2.81. The lowest BCUT2D eigenvalue weighted by Crippen LogP contribution is -2.28. The van der Waals surface area contributed by atoms with Gasteiger partial charge in [-0.1, -0.05) is 56.8 Å². The highest BCUT2D eigenvalue weighted by Crippen LogP contribution is 2.52. The lowest BCUT2D eigenvalue weighted by molar-refractivity contribution is -0.147. The van der Waals surface area contributed by atoms with E-state index in [1.807, 2.05) is 50.2 Å². The third-order valence-corrected chi connectivity index (χ3v) is 6.51. The zero-order valence-electron chi connectivity index (χ0n) is 20.7. The van der Waals surface area contributed by atoms with Gasteiger partial charge < -0.3 is 9.47 Å². The number of esters is 2. The van der Waals surface area contributed by atoms with Crippen LogP contribution in [0.2, 0.25) is 0 Å². The Morgan fingerprint density at radius 3 is 2.17 bits per heavy atom. The van der Waals surface area contributed by atoms with Gasteiger partial charge in [0.2, 0.25) is 0 Å². The summed E-state index contributed by atoms with van der Waals surface area (Å²) in [5.74, 6) is -0.724. The van der Waals surface area contributed by atoms with Crippen LogP contribution < -0.4 is 0 Å². The van der Waals surface area contributed by atoms with E-state index in [1.54, 1.807) is 6.92 Å².